The molecule has 0 radical (unpaired) electrons. The predicted molar refractivity (Wildman–Crippen MR) is 106 cm³/mol. The van der Waals surface area contributed by atoms with Crippen LogP contribution in [0, 0.1) is 5.92 Å². The first kappa shape index (κ1) is 19.8. The van der Waals surface area contributed by atoms with Crippen LogP contribution in [0.2, 0.25) is 0 Å². The lowest BCUT2D eigenvalue weighted by atomic mass is 9.98. The molecule has 2 N–H and O–H groups in total. The molecule has 1 aliphatic rings. The maximum atomic E-state index is 12.9. The van der Waals surface area contributed by atoms with Crippen LogP contribution in [0.15, 0.2) is 52.5 Å². The highest BCUT2D eigenvalue weighted by atomic mass is 32.2. The summed E-state index contributed by atoms with van der Waals surface area (Å²) < 4.78 is 32.0. The zero-order chi connectivity index (χ0) is 20.3. The molecule has 148 valence electrons. The predicted octanol–water partition coefficient (Wildman–Crippen LogP) is 2.18. The number of anilines is 1. The average Bonchev–Trinajstić information content (AvgIpc) is 2.96. The van der Waals surface area contributed by atoms with E-state index in [1.54, 1.807) is 30.3 Å². The summed E-state index contributed by atoms with van der Waals surface area (Å²) in [6.07, 6.45) is 2.19. The van der Waals surface area contributed by atoms with Gasteiger partial charge in [0.1, 0.15) is 11.9 Å². The first-order valence-electron chi connectivity index (χ1n) is 8.86. The Hall–Kier alpha value is -2.94. The lowest BCUT2D eigenvalue weighted by Gasteiger charge is -2.19. The Balaban J connectivity index is 1.90. The first-order chi connectivity index (χ1) is 13.4. The smallest absolute Gasteiger partial charge is 0.263 e. The van der Waals surface area contributed by atoms with Crippen molar-refractivity contribution in [1.82, 2.24) is 9.71 Å². The summed E-state index contributed by atoms with van der Waals surface area (Å²) in [5.74, 6) is 0.186. The Morgan fingerprint density at radius 2 is 2.04 bits per heavy atom. The van der Waals surface area contributed by atoms with Crippen molar-refractivity contribution in [3.05, 3.63) is 48.2 Å². The number of hydrogen-bond acceptors (Lipinski definition) is 6. The molecule has 8 nitrogen and oxygen atoms in total. The van der Waals surface area contributed by atoms with Gasteiger partial charge in [0.05, 0.1) is 23.9 Å². The van der Waals surface area contributed by atoms with Gasteiger partial charge in [-0.05, 0) is 24.1 Å². The number of nitrogens with zero attached hydrogens (tertiary/aromatic N) is 2. The monoisotopic (exact) mass is 402 g/mol. The Morgan fingerprint density at radius 3 is 2.68 bits per heavy atom. The Kier molecular flexibility index (Phi) is 5.64. The lowest BCUT2D eigenvalue weighted by Crippen LogP contribution is -2.34. The van der Waals surface area contributed by atoms with Crippen molar-refractivity contribution < 1.29 is 17.9 Å². The van der Waals surface area contributed by atoms with Crippen molar-refractivity contribution in [3.8, 4) is 5.88 Å². The molecule has 1 aromatic carbocycles. The molecular weight excluding hydrogens is 380 g/mol. The molecule has 0 fully saturated rings. The molecule has 2 aromatic rings. The third kappa shape index (κ3) is 3.99. The number of fused-ring (bicyclic) bond motifs is 1. The van der Waals surface area contributed by atoms with E-state index >= 15 is 0 Å². The maximum absolute atomic E-state index is 12.9. The van der Waals surface area contributed by atoms with E-state index in [9.17, 15) is 13.2 Å². The number of rotatable bonds is 6. The SMILES string of the molecule is CC[C@H](C)[C@H](N=C1NS(=O)(=O)c2ccccc21)C(=O)Nc1ccc(OC)nc1. The number of ether oxygens (including phenoxy) is 1. The summed E-state index contributed by atoms with van der Waals surface area (Å²) in [4.78, 5) is 21.6. The van der Waals surface area contributed by atoms with Crippen LogP contribution in [0.5, 0.6) is 5.88 Å². The largest absolute Gasteiger partial charge is 0.481 e. The molecule has 0 saturated carbocycles. The maximum Gasteiger partial charge on any atom is 0.263 e. The van der Waals surface area contributed by atoms with Gasteiger partial charge in [-0.2, -0.15) is 0 Å². The van der Waals surface area contributed by atoms with E-state index in [4.69, 9.17) is 4.74 Å². The summed E-state index contributed by atoms with van der Waals surface area (Å²) >= 11 is 0. The average molecular weight is 402 g/mol. The number of methoxy groups -OCH3 is 1. The molecule has 1 amide bonds. The van der Waals surface area contributed by atoms with E-state index in [0.29, 0.717) is 23.6 Å². The highest BCUT2D eigenvalue weighted by Gasteiger charge is 2.33. The van der Waals surface area contributed by atoms with Crippen molar-refractivity contribution in [2.45, 2.75) is 31.2 Å². The molecule has 3 rings (SSSR count). The Bertz CT molecular complexity index is 1000. The van der Waals surface area contributed by atoms with E-state index in [0.717, 1.165) is 0 Å². The van der Waals surface area contributed by atoms with E-state index in [1.165, 1.54) is 19.4 Å². The van der Waals surface area contributed by atoms with Crippen LogP contribution in [0.4, 0.5) is 5.69 Å². The first-order valence-corrected chi connectivity index (χ1v) is 10.3. The van der Waals surface area contributed by atoms with Crippen LogP contribution in [-0.4, -0.2) is 38.3 Å². The van der Waals surface area contributed by atoms with Crippen molar-refractivity contribution in [2.75, 3.05) is 12.4 Å². The standard InChI is InChI=1S/C19H22N4O4S/c1-4-12(2)17(19(24)21-13-9-10-16(27-3)20-11-13)22-18-14-7-5-6-8-15(14)28(25,26)23-18/h5-12,17H,4H2,1-3H3,(H,21,24)(H,22,23)/t12-,17-/m0/s1. The number of hydrogen-bond donors (Lipinski definition) is 2. The highest BCUT2D eigenvalue weighted by Crippen LogP contribution is 2.24. The van der Waals surface area contributed by atoms with Crippen LogP contribution in [0.3, 0.4) is 0 Å². The summed E-state index contributed by atoms with van der Waals surface area (Å²) in [6.45, 7) is 3.85. The molecule has 2 atom stereocenters. The Labute approximate surface area is 164 Å². The zero-order valence-corrected chi connectivity index (χ0v) is 16.7. The molecule has 0 saturated heterocycles. The van der Waals surface area contributed by atoms with Gasteiger partial charge in [0.25, 0.3) is 10.0 Å². The van der Waals surface area contributed by atoms with E-state index < -0.39 is 16.1 Å². The topological polar surface area (TPSA) is 110 Å². The number of pyridine rings is 1. The van der Waals surface area contributed by atoms with Gasteiger partial charge in [-0.15, -0.1) is 0 Å². The van der Waals surface area contributed by atoms with E-state index in [2.05, 4.69) is 20.0 Å². The minimum absolute atomic E-state index is 0.101. The minimum Gasteiger partial charge on any atom is -0.481 e. The number of aliphatic imine (C=N–C) groups is 1. The molecule has 0 bridgehead atoms. The van der Waals surface area contributed by atoms with Crippen LogP contribution in [-0.2, 0) is 14.8 Å². The summed E-state index contributed by atoms with van der Waals surface area (Å²) in [5, 5.41) is 2.79. The second-order valence-electron chi connectivity index (χ2n) is 6.49. The molecule has 9 heteroatoms. The highest BCUT2D eigenvalue weighted by molar-refractivity contribution is 7.90. The second kappa shape index (κ2) is 7.97. The second-order valence-corrected chi connectivity index (χ2v) is 8.14. The molecule has 1 aliphatic heterocycles. The molecule has 1 aromatic heterocycles. The number of aromatic nitrogens is 1. The lowest BCUT2D eigenvalue weighted by molar-refractivity contribution is -0.118. The molecular formula is C19H22N4O4S. The molecule has 28 heavy (non-hydrogen) atoms. The summed E-state index contributed by atoms with van der Waals surface area (Å²) in [7, 11) is -2.15. The number of carbonyl (C=O) groups excluding carboxylic acids is 1. The number of nitrogens with one attached hydrogen (secondary N) is 2. The van der Waals surface area contributed by atoms with Crippen LogP contribution in [0.25, 0.3) is 0 Å². The normalized spacial score (nSPS) is 18.0. The van der Waals surface area contributed by atoms with E-state index in [1.807, 2.05) is 13.8 Å². The van der Waals surface area contributed by atoms with Gasteiger partial charge < -0.3 is 10.1 Å². The number of sulfonamides is 1. The van der Waals surface area contributed by atoms with Crippen LogP contribution >= 0.6 is 0 Å². The quantitative estimate of drug-likeness (QED) is 0.770. The zero-order valence-electron chi connectivity index (χ0n) is 15.8. The van der Waals surface area contributed by atoms with E-state index in [-0.39, 0.29) is 22.6 Å². The molecule has 0 unspecified atom stereocenters. The number of amidine groups is 1. The fourth-order valence-electron chi connectivity index (χ4n) is 2.83. The third-order valence-corrected chi connectivity index (χ3v) is 5.99. The van der Waals surface area contributed by atoms with Gasteiger partial charge in [0.15, 0.2) is 0 Å². The van der Waals surface area contributed by atoms with Crippen molar-refractivity contribution >= 4 is 27.5 Å². The minimum atomic E-state index is -3.66. The van der Waals surface area contributed by atoms with Crippen molar-refractivity contribution in [2.24, 2.45) is 10.9 Å². The van der Waals surface area contributed by atoms with Gasteiger partial charge in [-0.25, -0.2) is 13.4 Å². The number of amides is 1. The molecule has 0 aliphatic carbocycles. The summed E-state index contributed by atoms with van der Waals surface area (Å²) in [6, 6.07) is 9.12. The molecule has 0 spiro atoms. The van der Waals surface area contributed by atoms with Crippen LogP contribution in [0.1, 0.15) is 25.8 Å². The van der Waals surface area contributed by atoms with Crippen LogP contribution < -0.4 is 14.8 Å². The number of carbonyl (C=O) groups is 1. The number of benzene rings is 1. The fraction of sp³-hybridized carbons (Fsp3) is 0.316. The van der Waals surface area contributed by atoms with Gasteiger partial charge in [0, 0.05) is 11.6 Å². The molecule has 2 heterocycles. The fourth-order valence-corrected chi connectivity index (χ4v) is 4.07. The third-order valence-electron chi connectivity index (χ3n) is 4.60. The van der Waals surface area contributed by atoms with Crippen molar-refractivity contribution in [1.29, 1.82) is 0 Å². The van der Waals surface area contributed by atoms with Gasteiger partial charge in [-0.3, -0.25) is 14.5 Å². The van der Waals surface area contributed by atoms with Crippen molar-refractivity contribution in [3.63, 3.8) is 0 Å². The van der Waals surface area contributed by atoms with Gasteiger partial charge in [0.2, 0.25) is 11.8 Å². The summed E-state index contributed by atoms with van der Waals surface area (Å²) in [5.41, 5.74) is 0.974. The van der Waals surface area contributed by atoms with Gasteiger partial charge in [-0.1, -0.05) is 32.4 Å². The van der Waals surface area contributed by atoms with Gasteiger partial charge >= 0.3 is 0 Å². The Morgan fingerprint density at radius 1 is 1.29 bits per heavy atom.